The first-order valence-electron chi connectivity index (χ1n) is 13.5. The number of thiocarbonyl (C=S) groups is 1. The van der Waals surface area contributed by atoms with Crippen molar-refractivity contribution in [1.29, 1.82) is 5.26 Å². The van der Waals surface area contributed by atoms with Crippen LogP contribution in [0.3, 0.4) is 0 Å². The Morgan fingerprint density at radius 2 is 1.74 bits per heavy atom. The number of benzene rings is 2. The molecule has 0 N–H and O–H groups in total. The van der Waals surface area contributed by atoms with Gasteiger partial charge >= 0.3 is 0 Å². The summed E-state index contributed by atoms with van der Waals surface area (Å²) in [5.74, 6) is 0.900. The normalized spacial score (nSPS) is 16.4. The Morgan fingerprint density at radius 3 is 2.38 bits per heavy atom. The number of nitriles is 1. The number of carbonyl (C=O) groups is 1. The largest absolute Gasteiger partial charge is 0.497 e. The molecule has 3 aromatic rings. The van der Waals surface area contributed by atoms with E-state index in [9.17, 15) is 19.2 Å². The molecule has 0 saturated carbocycles. The van der Waals surface area contributed by atoms with E-state index in [2.05, 4.69) is 4.90 Å². The maximum Gasteiger partial charge on any atom is 0.270 e. The molecule has 0 radical (unpaired) electrons. The van der Waals surface area contributed by atoms with Gasteiger partial charge in [-0.05, 0) is 54.8 Å². The van der Waals surface area contributed by atoms with Gasteiger partial charge in [0, 0.05) is 45.3 Å². The van der Waals surface area contributed by atoms with Crippen LogP contribution in [0, 0.1) is 24.1 Å². The second kappa shape index (κ2) is 12.4. The topological polar surface area (TPSA) is 81.8 Å². The zero-order chi connectivity index (χ0) is 30.0. The summed E-state index contributed by atoms with van der Waals surface area (Å²) >= 11 is 6.79. The molecule has 2 aromatic carbocycles. The highest BCUT2D eigenvalue weighted by Crippen LogP contribution is 2.36. The summed E-state index contributed by atoms with van der Waals surface area (Å²) in [5, 5.41) is 9.80. The van der Waals surface area contributed by atoms with Crippen LogP contribution in [0.1, 0.15) is 22.3 Å². The van der Waals surface area contributed by atoms with Crippen LogP contribution in [0.4, 0.5) is 15.9 Å². The maximum absolute atomic E-state index is 14.4. The summed E-state index contributed by atoms with van der Waals surface area (Å²) < 4.78 is 21.6. The third kappa shape index (κ3) is 5.65. The second-order valence-electron chi connectivity index (χ2n) is 10.1. The SMILES string of the molecule is COc1ccc(CCN2C(=O)/C(=C\c3c(C)c(C#N)c(=O)n(C)c3N3CCN(c4ccccc4F)CC3)SC2=S)cc1. The number of anilines is 2. The minimum atomic E-state index is -0.397. The lowest BCUT2D eigenvalue weighted by Crippen LogP contribution is -2.48. The fourth-order valence-corrected chi connectivity index (χ4v) is 6.61. The third-order valence-corrected chi connectivity index (χ3v) is 9.05. The van der Waals surface area contributed by atoms with Crippen LogP contribution in [0.5, 0.6) is 5.75 Å². The van der Waals surface area contributed by atoms with Crippen molar-refractivity contribution in [2.24, 2.45) is 7.05 Å². The van der Waals surface area contributed by atoms with E-state index in [1.54, 1.807) is 44.2 Å². The number of carbonyl (C=O) groups excluding carboxylic acids is 1. The Labute approximate surface area is 253 Å². The Kier molecular flexibility index (Phi) is 8.66. The van der Waals surface area contributed by atoms with Crippen molar-refractivity contribution in [2.75, 3.05) is 49.6 Å². The van der Waals surface area contributed by atoms with Crippen LogP contribution >= 0.6 is 24.0 Å². The van der Waals surface area contributed by atoms with Gasteiger partial charge in [0.25, 0.3) is 11.5 Å². The van der Waals surface area contributed by atoms with E-state index in [1.807, 2.05) is 41.3 Å². The molecule has 1 amide bonds. The summed E-state index contributed by atoms with van der Waals surface area (Å²) in [5.41, 5.74) is 2.37. The van der Waals surface area contributed by atoms with E-state index in [0.29, 0.717) is 71.0 Å². The fourth-order valence-electron chi connectivity index (χ4n) is 5.32. The fraction of sp³-hybridized carbons (Fsp3) is 0.290. The van der Waals surface area contributed by atoms with Gasteiger partial charge in [0.15, 0.2) is 0 Å². The summed E-state index contributed by atoms with van der Waals surface area (Å²) in [6, 6.07) is 16.4. The molecule has 0 unspecified atom stereocenters. The van der Waals surface area contributed by atoms with Crippen LogP contribution in [-0.2, 0) is 18.3 Å². The van der Waals surface area contributed by atoms with Gasteiger partial charge in [0.05, 0.1) is 17.7 Å². The highest BCUT2D eigenvalue weighted by molar-refractivity contribution is 8.26. The number of thioether (sulfide) groups is 1. The first-order chi connectivity index (χ1) is 20.2. The number of halogens is 1. The van der Waals surface area contributed by atoms with Crippen molar-refractivity contribution in [1.82, 2.24) is 9.47 Å². The summed E-state index contributed by atoms with van der Waals surface area (Å²) in [6.45, 7) is 4.29. The Balaban J connectivity index is 1.43. The molecule has 0 atom stereocenters. The first-order valence-corrected chi connectivity index (χ1v) is 14.7. The van der Waals surface area contributed by atoms with Crippen LogP contribution in [0.2, 0.25) is 0 Å². The van der Waals surface area contributed by atoms with Crippen molar-refractivity contribution >= 4 is 51.8 Å². The third-order valence-electron chi connectivity index (χ3n) is 7.67. The van der Waals surface area contributed by atoms with Gasteiger partial charge in [0.2, 0.25) is 0 Å². The lowest BCUT2D eigenvalue weighted by Gasteiger charge is -2.38. The number of aromatic nitrogens is 1. The Bertz CT molecular complexity index is 1670. The van der Waals surface area contributed by atoms with E-state index in [4.69, 9.17) is 17.0 Å². The van der Waals surface area contributed by atoms with Gasteiger partial charge in [-0.3, -0.25) is 19.1 Å². The number of rotatable bonds is 7. The molecule has 8 nitrogen and oxygen atoms in total. The summed E-state index contributed by atoms with van der Waals surface area (Å²) in [6.07, 6.45) is 2.37. The predicted molar refractivity (Wildman–Crippen MR) is 169 cm³/mol. The van der Waals surface area contributed by atoms with Crippen molar-refractivity contribution in [3.63, 3.8) is 0 Å². The molecule has 0 bridgehead atoms. The number of ether oxygens (including phenoxy) is 1. The molecule has 0 aliphatic carbocycles. The van der Waals surface area contributed by atoms with Crippen LogP contribution in [0.15, 0.2) is 58.2 Å². The van der Waals surface area contributed by atoms with Gasteiger partial charge < -0.3 is 14.5 Å². The Hall–Kier alpha value is -4.14. The summed E-state index contributed by atoms with van der Waals surface area (Å²) in [4.78, 5) is 32.7. The molecule has 5 rings (SSSR count). The van der Waals surface area contributed by atoms with Gasteiger partial charge in [-0.15, -0.1) is 0 Å². The number of pyridine rings is 1. The van der Waals surface area contributed by atoms with E-state index in [-0.39, 0.29) is 17.3 Å². The van der Waals surface area contributed by atoms with Crippen LogP contribution in [0.25, 0.3) is 6.08 Å². The van der Waals surface area contributed by atoms with E-state index < -0.39 is 5.56 Å². The zero-order valence-electron chi connectivity index (χ0n) is 23.6. The molecule has 2 aliphatic heterocycles. The van der Waals surface area contributed by atoms with E-state index in [1.165, 1.54) is 22.4 Å². The average molecular weight is 604 g/mol. The van der Waals surface area contributed by atoms with Gasteiger partial charge in [0.1, 0.15) is 33.3 Å². The molecular weight excluding hydrogens is 574 g/mol. The molecular formula is C31H30FN5O3S2. The van der Waals surface area contributed by atoms with Gasteiger partial charge in [-0.1, -0.05) is 48.2 Å². The minimum Gasteiger partial charge on any atom is -0.497 e. The molecule has 2 saturated heterocycles. The van der Waals surface area contributed by atoms with Crippen molar-refractivity contribution < 1.29 is 13.9 Å². The molecule has 3 heterocycles. The number of para-hydroxylation sites is 1. The van der Waals surface area contributed by atoms with Crippen molar-refractivity contribution in [3.8, 4) is 11.8 Å². The highest BCUT2D eigenvalue weighted by Gasteiger charge is 2.33. The summed E-state index contributed by atoms with van der Waals surface area (Å²) in [7, 11) is 3.25. The predicted octanol–water partition coefficient (Wildman–Crippen LogP) is 4.48. The number of piperazine rings is 1. The van der Waals surface area contributed by atoms with Gasteiger partial charge in [-0.2, -0.15) is 5.26 Å². The lowest BCUT2D eigenvalue weighted by molar-refractivity contribution is -0.122. The molecule has 2 fully saturated rings. The molecule has 42 heavy (non-hydrogen) atoms. The number of methoxy groups -OCH3 is 1. The zero-order valence-corrected chi connectivity index (χ0v) is 25.2. The number of hydrogen-bond donors (Lipinski definition) is 0. The smallest absolute Gasteiger partial charge is 0.270 e. The molecule has 216 valence electrons. The van der Waals surface area contributed by atoms with Gasteiger partial charge in [-0.25, -0.2) is 4.39 Å². The van der Waals surface area contributed by atoms with E-state index in [0.717, 1.165) is 11.3 Å². The number of hydrogen-bond acceptors (Lipinski definition) is 8. The van der Waals surface area contributed by atoms with Crippen LogP contribution in [-0.4, -0.2) is 59.5 Å². The monoisotopic (exact) mass is 603 g/mol. The standard InChI is InChI=1S/C31H30FN5O3S2/c1-20-23(18-27-30(39)37(31(41)42-27)13-12-21-8-10-22(40-3)11-9-21)28(34(2)29(38)24(20)19-33)36-16-14-35(15-17-36)26-7-5-4-6-25(26)32/h4-11,18H,12-17H2,1-3H3/b27-18+. The minimum absolute atomic E-state index is 0.0347. The van der Waals surface area contributed by atoms with Crippen molar-refractivity contribution in [3.05, 3.63) is 91.9 Å². The molecule has 2 aliphatic rings. The Morgan fingerprint density at radius 1 is 1.07 bits per heavy atom. The average Bonchev–Trinajstić information content (AvgIpc) is 3.27. The van der Waals surface area contributed by atoms with E-state index >= 15 is 0 Å². The number of nitrogens with zero attached hydrogens (tertiary/aromatic N) is 5. The second-order valence-corrected chi connectivity index (χ2v) is 11.7. The maximum atomic E-state index is 14.4. The molecule has 1 aromatic heterocycles. The number of amides is 1. The van der Waals surface area contributed by atoms with Crippen molar-refractivity contribution in [2.45, 2.75) is 13.3 Å². The molecule has 11 heteroatoms. The molecule has 0 spiro atoms. The first kappa shape index (κ1) is 29.4. The lowest BCUT2D eigenvalue weighted by atomic mass is 10.0. The quantitative estimate of drug-likeness (QED) is 0.289. The highest BCUT2D eigenvalue weighted by atomic mass is 32.2. The van der Waals surface area contributed by atoms with Crippen LogP contribution < -0.4 is 20.1 Å².